The minimum absolute atomic E-state index is 0.00914. The maximum Gasteiger partial charge on any atom is 0.416 e. The summed E-state index contributed by atoms with van der Waals surface area (Å²) in [6.07, 6.45) is -3.93. The molecule has 0 unspecified atom stereocenters. The van der Waals surface area contributed by atoms with Gasteiger partial charge in [0.1, 0.15) is 12.4 Å². The van der Waals surface area contributed by atoms with E-state index in [1.165, 1.54) is 12.1 Å². The molecule has 172 valence electrons. The highest BCUT2D eigenvalue weighted by Gasteiger charge is 2.29. The molecule has 5 nitrogen and oxygen atoms in total. The molecule has 0 aliphatic carbocycles. The molecule has 0 aliphatic heterocycles. The molecule has 3 rings (SSSR count). The first kappa shape index (κ1) is 23.8. The van der Waals surface area contributed by atoms with Gasteiger partial charge in [-0.25, -0.2) is 4.79 Å². The molecule has 8 heteroatoms. The predicted molar refractivity (Wildman–Crippen MR) is 117 cm³/mol. The van der Waals surface area contributed by atoms with Gasteiger partial charge in [-0.3, -0.25) is 0 Å². The largest absolute Gasteiger partial charge is 0.482 e. The number of aryl methyl sites for hydroxylation is 1. The first-order chi connectivity index (χ1) is 15.7. The van der Waals surface area contributed by atoms with Gasteiger partial charge in [0.15, 0.2) is 6.61 Å². The molecule has 0 saturated heterocycles. The van der Waals surface area contributed by atoms with Crippen LogP contribution in [0.25, 0.3) is 0 Å². The zero-order chi connectivity index (χ0) is 23.8. The summed E-state index contributed by atoms with van der Waals surface area (Å²) >= 11 is 0. The fraction of sp³-hybridized carbons (Fsp3) is 0.200. The van der Waals surface area contributed by atoms with Crippen molar-refractivity contribution >= 4 is 11.7 Å². The quantitative estimate of drug-likeness (QED) is 0.334. The lowest BCUT2D eigenvalue weighted by Crippen LogP contribution is -2.11. The van der Waals surface area contributed by atoms with Crippen molar-refractivity contribution in [3.05, 3.63) is 101 Å². The number of carboxylic acid groups (broad SMARTS) is 1. The lowest BCUT2D eigenvalue weighted by atomic mass is 10.0. The van der Waals surface area contributed by atoms with Crippen molar-refractivity contribution in [3.8, 4) is 5.75 Å². The van der Waals surface area contributed by atoms with Gasteiger partial charge in [0, 0.05) is 12.0 Å². The number of carbonyl (C=O) groups is 1. The maximum atomic E-state index is 12.7. The fourth-order valence-corrected chi connectivity index (χ4v) is 3.08. The van der Waals surface area contributed by atoms with Crippen LogP contribution in [0.4, 0.5) is 13.2 Å². The molecule has 0 spiro atoms. The third-order valence-electron chi connectivity index (χ3n) is 4.76. The number of alkyl halides is 3. The van der Waals surface area contributed by atoms with Crippen molar-refractivity contribution in [1.29, 1.82) is 0 Å². The van der Waals surface area contributed by atoms with Crippen LogP contribution in [0, 0.1) is 6.92 Å². The second kappa shape index (κ2) is 10.7. The minimum atomic E-state index is -4.39. The molecule has 0 aromatic heterocycles. The number of nitrogens with zero attached hydrogens (tertiary/aromatic N) is 1. The Bertz CT molecular complexity index is 1110. The first-order valence-corrected chi connectivity index (χ1v) is 10.1. The summed E-state index contributed by atoms with van der Waals surface area (Å²) in [4.78, 5) is 16.2. The molecule has 3 aromatic carbocycles. The number of halogens is 3. The van der Waals surface area contributed by atoms with E-state index in [2.05, 4.69) is 5.16 Å². The zero-order valence-electron chi connectivity index (χ0n) is 17.8. The van der Waals surface area contributed by atoms with E-state index in [0.29, 0.717) is 23.4 Å². The monoisotopic (exact) mass is 457 g/mol. The summed E-state index contributed by atoms with van der Waals surface area (Å²) in [5, 5.41) is 13.1. The number of benzene rings is 3. The zero-order valence-corrected chi connectivity index (χ0v) is 17.8. The Morgan fingerprint density at radius 2 is 1.67 bits per heavy atom. The molecule has 0 heterocycles. The fourth-order valence-electron chi connectivity index (χ4n) is 3.08. The normalized spacial score (nSPS) is 11.8. The van der Waals surface area contributed by atoms with E-state index in [1.807, 2.05) is 36.4 Å². The number of ether oxygens (including phenoxy) is 1. The van der Waals surface area contributed by atoms with Crippen molar-refractivity contribution in [2.75, 3.05) is 6.61 Å². The van der Waals surface area contributed by atoms with Crippen molar-refractivity contribution in [2.45, 2.75) is 26.1 Å². The highest BCUT2D eigenvalue weighted by atomic mass is 19.4. The molecule has 33 heavy (non-hydrogen) atoms. The first-order valence-electron chi connectivity index (χ1n) is 10.1. The molecular formula is C25H22F3NO4. The van der Waals surface area contributed by atoms with Crippen LogP contribution in [0.5, 0.6) is 5.75 Å². The van der Waals surface area contributed by atoms with Crippen LogP contribution in [-0.2, 0) is 28.8 Å². The standard InChI is InChI=1S/C25H22F3NO4/c1-17-13-20(9-12-23(17)32-16-24(30)31)22(14-18-5-3-2-4-6-18)29-33-15-19-7-10-21(11-8-19)25(26,27)28/h2-13H,14-16H2,1H3,(H,30,31)/b29-22+. The lowest BCUT2D eigenvalue weighted by molar-refractivity contribution is -0.139. The summed E-state index contributed by atoms with van der Waals surface area (Å²) in [6, 6.07) is 19.6. The van der Waals surface area contributed by atoms with Gasteiger partial charge in [0.2, 0.25) is 0 Å². The van der Waals surface area contributed by atoms with Gasteiger partial charge < -0.3 is 14.7 Å². The lowest BCUT2D eigenvalue weighted by Gasteiger charge is -2.12. The molecule has 0 radical (unpaired) electrons. The summed E-state index contributed by atoms with van der Waals surface area (Å²) in [6.45, 7) is 1.36. The Balaban J connectivity index is 1.78. The third-order valence-corrected chi connectivity index (χ3v) is 4.76. The Morgan fingerprint density at radius 1 is 0.970 bits per heavy atom. The Morgan fingerprint density at radius 3 is 2.27 bits per heavy atom. The van der Waals surface area contributed by atoms with E-state index in [0.717, 1.165) is 28.8 Å². The molecule has 0 atom stereocenters. The Hall–Kier alpha value is -3.81. The van der Waals surface area contributed by atoms with Gasteiger partial charge in [-0.15, -0.1) is 0 Å². The summed E-state index contributed by atoms with van der Waals surface area (Å²) in [7, 11) is 0. The van der Waals surface area contributed by atoms with Gasteiger partial charge in [-0.05, 0) is 53.9 Å². The van der Waals surface area contributed by atoms with Crippen LogP contribution >= 0.6 is 0 Å². The summed E-state index contributed by atoms with van der Waals surface area (Å²) in [5.74, 6) is -0.618. The van der Waals surface area contributed by atoms with Crippen molar-refractivity contribution in [1.82, 2.24) is 0 Å². The van der Waals surface area contributed by atoms with Gasteiger partial charge >= 0.3 is 12.1 Å². The van der Waals surface area contributed by atoms with Crippen LogP contribution in [0.2, 0.25) is 0 Å². The number of hydrogen-bond donors (Lipinski definition) is 1. The van der Waals surface area contributed by atoms with Crippen LogP contribution in [-0.4, -0.2) is 23.4 Å². The molecule has 0 fully saturated rings. The van der Waals surface area contributed by atoms with Gasteiger partial charge in [0.05, 0.1) is 11.3 Å². The number of oxime groups is 1. The van der Waals surface area contributed by atoms with E-state index in [-0.39, 0.29) is 6.61 Å². The Kier molecular flexibility index (Phi) is 7.71. The van der Waals surface area contributed by atoms with Gasteiger partial charge in [-0.1, -0.05) is 47.6 Å². The second-order valence-corrected chi connectivity index (χ2v) is 7.33. The van der Waals surface area contributed by atoms with Crippen LogP contribution in [0.15, 0.2) is 78.0 Å². The van der Waals surface area contributed by atoms with E-state index < -0.39 is 24.3 Å². The van der Waals surface area contributed by atoms with Crippen LogP contribution in [0.3, 0.4) is 0 Å². The molecule has 3 aromatic rings. The van der Waals surface area contributed by atoms with Gasteiger partial charge in [-0.2, -0.15) is 13.2 Å². The molecule has 0 bridgehead atoms. The molecule has 0 aliphatic rings. The number of carboxylic acids is 1. The van der Waals surface area contributed by atoms with Crippen molar-refractivity contribution in [3.63, 3.8) is 0 Å². The van der Waals surface area contributed by atoms with Crippen LogP contribution < -0.4 is 4.74 Å². The molecule has 1 N–H and O–H groups in total. The maximum absolute atomic E-state index is 12.7. The van der Waals surface area contributed by atoms with E-state index in [1.54, 1.807) is 19.1 Å². The molecule has 0 amide bonds. The van der Waals surface area contributed by atoms with Crippen LogP contribution in [0.1, 0.15) is 27.8 Å². The average molecular weight is 457 g/mol. The highest BCUT2D eigenvalue weighted by Crippen LogP contribution is 2.29. The average Bonchev–Trinajstić information content (AvgIpc) is 2.78. The highest BCUT2D eigenvalue weighted by molar-refractivity contribution is 6.01. The summed E-state index contributed by atoms with van der Waals surface area (Å²) < 4.78 is 43.5. The predicted octanol–water partition coefficient (Wildman–Crippen LogP) is 5.64. The third kappa shape index (κ3) is 7.10. The second-order valence-electron chi connectivity index (χ2n) is 7.33. The number of aliphatic carboxylic acids is 1. The number of hydrogen-bond acceptors (Lipinski definition) is 4. The topological polar surface area (TPSA) is 68.1 Å². The van der Waals surface area contributed by atoms with Crippen molar-refractivity contribution in [2.24, 2.45) is 5.16 Å². The van der Waals surface area contributed by atoms with Crippen molar-refractivity contribution < 1.29 is 32.6 Å². The SMILES string of the molecule is Cc1cc(/C(Cc2ccccc2)=N/OCc2ccc(C(F)(F)F)cc2)ccc1OCC(=O)O. The van der Waals surface area contributed by atoms with Gasteiger partial charge in [0.25, 0.3) is 0 Å². The Labute approximate surface area is 189 Å². The number of rotatable bonds is 9. The summed E-state index contributed by atoms with van der Waals surface area (Å²) in [5.41, 5.74) is 2.93. The van der Waals surface area contributed by atoms with E-state index in [4.69, 9.17) is 14.7 Å². The van der Waals surface area contributed by atoms with E-state index >= 15 is 0 Å². The molecule has 0 saturated carbocycles. The minimum Gasteiger partial charge on any atom is -0.482 e. The molecular weight excluding hydrogens is 435 g/mol. The van der Waals surface area contributed by atoms with E-state index in [9.17, 15) is 18.0 Å². The smallest absolute Gasteiger partial charge is 0.416 e.